The first-order chi connectivity index (χ1) is 16.8. The highest BCUT2D eigenvalue weighted by Crippen LogP contribution is 2.46. The van der Waals surface area contributed by atoms with E-state index in [2.05, 4.69) is 9.97 Å². The zero-order valence-electron chi connectivity index (χ0n) is 19.9. The second kappa shape index (κ2) is 8.15. The van der Waals surface area contributed by atoms with Crippen molar-refractivity contribution >= 4 is 39.4 Å². The molecule has 2 aromatic heterocycles. The molecule has 0 radical (unpaired) electrons. The van der Waals surface area contributed by atoms with Crippen molar-refractivity contribution < 1.29 is 33.6 Å². The van der Waals surface area contributed by atoms with Gasteiger partial charge in [-0.15, -0.1) is 0 Å². The average molecular weight is 479 g/mol. The molecule has 1 amide bonds. The molecule has 0 fully saturated rings. The summed E-state index contributed by atoms with van der Waals surface area (Å²) in [6.45, 7) is 2.40. The van der Waals surface area contributed by atoms with Crippen molar-refractivity contribution in [2.24, 2.45) is 0 Å². The normalized spacial score (nSPS) is 14.9. The van der Waals surface area contributed by atoms with Crippen molar-refractivity contribution in [3.63, 3.8) is 0 Å². The van der Waals surface area contributed by atoms with Crippen LogP contribution in [-0.4, -0.2) is 61.9 Å². The maximum Gasteiger partial charge on any atom is 0.354 e. The van der Waals surface area contributed by atoms with Gasteiger partial charge in [0.05, 0.1) is 45.2 Å². The number of aromatic nitrogens is 2. The molecule has 0 unspecified atom stereocenters. The Balaban J connectivity index is 1.62. The Hall–Kier alpha value is -4.34. The average Bonchev–Trinajstić information content (AvgIpc) is 3.57. The number of benzene rings is 2. The molecule has 10 heteroatoms. The minimum Gasteiger partial charge on any atom is -0.506 e. The fourth-order valence-electron chi connectivity index (χ4n) is 4.91. The number of H-pyrrole nitrogens is 2. The number of nitrogens with zero attached hydrogens (tertiary/aromatic N) is 1. The Morgan fingerprint density at radius 3 is 2.31 bits per heavy atom. The molecule has 10 nitrogen and oxygen atoms in total. The fourth-order valence-corrected chi connectivity index (χ4v) is 4.91. The van der Waals surface area contributed by atoms with Crippen molar-refractivity contribution in [1.82, 2.24) is 9.97 Å². The molecule has 182 valence electrons. The number of aromatic amines is 2. The number of nitrogens with one attached hydrogen (secondary N) is 2. The summed E-state index contributed by atoms with van der Waals surface area (Å²) in [5.41, 5.74) is 3.07. The quantitative estimate of drug-likeness (QED) is 0.370. The number of hydrogen-bond acceptors (Lipinski definition) is 7. The Morgan fingerprint density at radius 2 is 1.66 bits per heavy atom. The van der Waals surface area contributed by atoms with Gasteiger partial charge in [-0.1, -0.05) is 6.92 Å². The van der Waals surface area contributed by atoms with E-state index in [0.717, 1.165) is 10.9 Å². The largest absolute Gasteiger partial charge is 0.506 e. The number of carbonyl (C=O) groups is 2. The molecule has 1 aliphatic rings. The number of aromatic hydroxyl groups is 1. The van der Waals surface area contributed by atoms with Gasteiger partial charge in [-0.25, -0.2) is 4.79 Å². The number of amides is 1. The lowest BCUT2D eigenvalue weighted by Crippen LogP contribution is -2.29. The third kappa shape index (κ3) is 3.24. The van der Waals surface area contributed by atoms with Gasteiger partial charge in [-0.3, -0.25) is 4.79 Å². The van der Waals surface area contributed by atoms with Crippen LogP contribution in [0.1, 0.15) is 39.4 Å². The lowest BCUT2D eigenvalue weighted by Gasteiger charge is -2.17. The summed E-state index contributed by atoms with van der Waals surface area (Å²) in [7, 11) is 5.86. The maximum atomic E-state index is 13.7. The van der Waals surface area contributed by atoms with Gasteiger partial charge in [0.25, 0.3) is 5.91 Å². The van der Waals surface area contributed by atoms with Gasteiger partial charge in [0.2, 0.25) is 5.75 Å². The summed E-state index contributed by atoms with van der Waals surface area (Å²) in [5, 5.41) is 12.1. The predicted molar refractivity (Wildman–Crippen MR) is 129 cm³/mol. The molecule has 1 atom stereocenters. The van der Waals surface area contributed by atoms with E-state index >= 15 is 0 Å². The topological polar surface area (TPSA) is 126 Å². The van der Waals surface area contributed by atoms with Crippen LogP contribution in [0.25, 0.3) is 21.8 Å². The number of phenols is 1. The van der Waals surface area contributed by atoms with Crippen LogP contribution in [0.15, 0.2) is 24.3 Å². The molecule has 0 saturated heterocycles. The monoisotopic (exact) mass is 479 g/mol. The molecule has 5 rings (SSSR count). The second-order valence-corrected chi connectivity index (χ2v) is 8.40. The van der Waals surface area contributed by atoms with Crippen LogP contribution in [0.4, 0.5) is 5.69 Å². The number of ether oxygens (including phenoxy) is 4. The summed E-state index contributed by atoms with van der Waals surface area (Å²) in [5.74, 6) is 0.435. The fraction of sp³-hybridized carbons (Fsp3) is 0.280. The highest BCUT2D eigenvalue weighted by molar-refractivity contribution is 6.12. The zero-order valence-corrected chi connectivity index (χ0v) is 19.9. The SMILES string of the molecule is COC(=O)c1cc2c3c(cc(O)c2[nH]1)N(C(=O)c1cc2cc(OC)c(OC)c(OC)c2[nH]1)C[C@@H]3C. The Labute approximate surface area is 200 Å². The summed E-state index contributed by atoms with van der Waals surface area (Å²) in [6, 6.07) is 6.70. The van der Waals surface area contributed by atoms with Crippen LogP contribution in [0, 0.1) is 0 Å². The van der Waals surface area contributed by atoms with E-state index in [-0.39, 0.29) is 23.3 Å². The van der Waals surface area contributed by atoms with Gasteiger partial charge in [0, 0.05) is 29.3 Å². The van der Waals surface area contributed by atoms with Crippen molar-refractivity contribution in [3.05, 3.63) is 41.2 Å². The van der Waals surface area contributed by atoms with Gasteiger partial charge in [-0.2, -0.15) is 0 Å². The Kier molecular flexibility index (Phi) is 5.23. The van der Waals surface area contributed by atoms with E-state index in [0.29, 0.717) is 51.6 Å². The maximum absolute atomic E-state index is 13.7. The first-order valence-corrected chi connectivity index (χ1v) is 10.9. The summed E-state index contributed by atoms with van der Waals surface area (Å²) >= 11 is 0. The zero-order chi connectivity index (χ0) is 25.0. The minimum atomic E-state index is -0.536. The number of rotatable bonds is 5. The smallest absolute Gasteiger partial charge is 0.354 e. The molecule has 0 spiro atoms. The number of phenolic OH excluding ortho intramolecular Hbond substituents is 1. The summed E-state index contributed by atoms with van der Waals surface area (Å²) in [6.07, 6.45) is 0. The predicted octanol–water partition coefficient (Wildman–Crippen LogP) is 3.93. The number of anilines is 1. The molecule has 1 aliphatic heterocycles. The lowest BCUT2D eigenvalue weighted by molar-refractivity contribution is 0.0595. The van der Waals surface area contributed by atoms with Crippen molar-refractivity contribution in [3.8, 4) is 23.0 Å². The molecule has 4 aromatic rings. The van der Waals surface area contributed by atoms with Crippen molar-refractivity contribution in [1.29, 1.82) is 0 Å². The van der Waals surface area contributed by atoms with E-state index in [1.54, 1.807) is 29.2 Å². The van der Waals surface area contributed by atoms with Gasteiger partial charge in [0.15, 0.2) is 11.5 Å². The van der Waals surface area contributed by atoms with Gasteiger partial charge >= 0.3 is 5.97 Å². The van der Waals surface area contributed by atoms with E-state index in [1.807, 2.05) is 6.92 Å². The van der Waals surface area contributed by atoms with Crippen LogP contribution < -0.4 is 19.1 Å². The van der Waals surface area contributed by atoms with Gasteiger partial charge in [-0.05, 0) is 23.8 Å². The molecule has 35 heavy (non-hydrogen) atoms. The van der Waals surface area contributed by atoms with E-state index in [1.165, 1.54) is 28.4 Å². The number of fused-ring (bicyclic) bond motifs is 4. The number of hydrogen-bond donors (Lipinski definition) is 3. The summed E-state index contributed by atoms with van der Waals surface area (Å²) < 4.78 is 21.2. The van der Waals surface area contributed by atoms with Crippen LogP contribution in [0.5, 0.6) is 23.0 Å². The Bertz CT molecular complexity index is 1500. The molecule has 0 bridgehead atoms. The molecule has 3 N–H and O–H groups in total. The third-order valence-corrected chi connectivity index (χ3v) is 6.45. The minimum absolute atomic E-state index is 0.0301. The van der Waals surface area contributed by atoms with E-state index in [9.17, 15) is 14.7 Å². The molecule has 0 saturated carbocycles. The highest BCUT2D eigenvalue weighted by atomic mass is 16.5. The van der Waals surface area contributed by atoms with Gasteiger partial charge < -0.3 is 38.9 Å². The lowest BCUT2D eigenvalue weighted by atomic mass is 9.99. The molecule has 0 aliphatic carbocycles. The summed E-state index contributed by atoms with van der Waals surface area (Å²) in [4.78, 5) is 33.4. The number of methoxy groups -OCH3 is 4. The standard InChI is InChI=1S/C25H25N3O7/c1-11-10-28(16-9-17(29)21-13(19(11)16)8-15(27-21)25(31)35-5)24(30)14-6-12-7-18(32-2)22(33-3)23(34-4)20(12)26-14/h6-9,11,26-27,29H,10H2,1-5H3/t11-/m0/s1. The van der Waals surface area contributed by atoms with Crippen LogP contribution in [0.2, 0.25) is 0 Å². The highest BCUT2D eigenvalue weighted by Gasteiger charge is 2.35. The molecule has 2 aromatic carbocycles. The first-order valence-electron chi connectivity index (χ1n) is 10.9. The molecule has 3 heterocycles. The van der Waals surface area contributed by atoms with Crippen molar-refractivity contribution in [2.45, 2.75) is 12.8 Å². The van der Waals surface area contributed by atoms with Crippen LogP contribution in [0.3, 0.4) is 0 Å². The van der Waals surface area contributed by atoms with Gasteiger partial charge in [0.1, 0.15) is 17.1 Å². The molecular weight excluding hydrogens is 454 g/mol. The first kappa shape index (κ1) is 22.5. The number of esters is 1. The number of carbonyl (C=O) groups excluding carboxylic acids is 2. The Morgan fingerprint density at radius 1 is 0.943 bits per heavy atom. The molecular formula is C25H25N3O7. The van der Waals surface area contributed by atoms with E-state index < -0.39 is 5.97 Å². The van der Waals surface area contributed by atoms with Crippen molar-refractivity contribution in [2.75, 3.05) is 39.9 Å². The van der Waals surface area contributed by atoms with E-state index in [4.69, 9.17) is 18.9 Å². The van der Waals surface area contributed by atoms with Crippen LogP contribution >= 0.6 is 0 Å². The third-order valence-electron chi connectivity index (χ3n) is 6.45. The second-order valence-electron chi connectivity index (χ2n) is 8.40. The van der Waals surface area contributed by atoms with Crippen LogP contribution in [-0.2, 0) is 4.74 Å².